The summed E-state index contributed by atoms with van der Waals surface area (Å²) in [6.07, 6.45) is 4.03. The average molecular weight is 750 g/mol. The first-order valence-electron chi connectivity index (χ1n) is 19.2. The number of ether oxygens (including phenoxy) is 3. The standard InChI is InChI=1S/C40H68FN5O7/c1-12-35(47)25(2)20-26(3)38(53-40-37(49)34(44(8)9)21-27(4)52-40)28(5)36(48)29(6)39(50)51-24-32(41)30(7)46(11)19-14-13-18-45(10)23-33(42)31-16-15-17-43-22-31/h15-17,22-23,25-30,32,34,37-38,40,49H,12-14,18-21,24,42H2,1-11H3/b33-23-/t25-,26+,27-,28+,29-,30-,32-,34+,37-,38+,40+/m1/s1. The third-order valence-electron chi connectivity index (χ3n) is 10.7. The van der Waals surface area contributed by atoms with E-state index in [1.165, 1.54) is 6.92 Å². The number of nitrogens with two attached hydrogens (primary N) is 1. The van der Waals surface area contributed by atoms with Gasteiger partial charge in [-0.15, -0.1) is 0 Å². The molecular weight excluding hydrogens is 681 g/mol. The number of nitrogens with zero attached hydrogens (tertiary/aromatic N) is 4. The van der Waals surface area contributed by atoms with Crippen molar-refractivity contribution < 1.29 is 38.1 Å². The largest absolute Gasteiger partial charge is 0.462 e. The molecule has 1 saturated heterocycles. The molecule has 1 fully saturated rings. The molecule has 13 heteroatoms. The Morgan fingerprint density at radius 3 is 2.38 bits per heavy atom. The summed E-state index contributed by atoms with van der Waals surface area (Å²) in [5.74, 6) is -3.67. The zero-order valence-electron chi connectivity index (χ0n) is 34.0. The van der Waals surface area contributed by atoms with Crippen molar-refractivity contribution in [2.24, 2.45) is 29.4 Å². The Bertz CT molecular complexity index is 1300. The molecule has 0 spiro atoms. The van der Waals surface area contributed by atoms with Gasteiger partial charge in [-0.05, 0) is 92.2 Å². The van der Waals surface area contributed by atoms with Crippen molar-refractivity contribution in [3.8, 4) is 0 Å². The average Bonchev–Trinajstić information content (AvgIpc) is 3.13. The number of aliphatic hydroxyl groups is 1. The van der Waals surface area contributed by atoms with Gasteiger partial charge in [0.25, 0.3) is 0 Å². The summed E-state index contributed by atoms with van der Waals surface area (Å²) < 4.78 is 33.1. The van der Waals surface area contributed by atoms with Crippen molar-refractivity contribution in [2.45, 2.75) is 123 Å². The number of carbonyl (C=O) groups excluding carboxylic acids is 3. The van der Waals surface area contributed by atoms with E-state index in [9.17, 15) is 19.5 Å². The highest BCUT2D eigenvalue weighted by molar-refractivity contribution is 5.99. The van der Waals surface area contributed by atoms with E-state index in [0.717, 1.165) is 24.9 Å². The summed E-state index contributed by atoms with van der Waals surface area (Å²) in [6.45, 7) is 13.3. The van der Waals surface area contributed by atoms with Gasteiger partial charge in [-0.25, -0.2) is 4.39 Å². The second-order valence-electron chi connectivity index (χ2n) is 15.4. The van der Waals surface area contributed by atoms with Crippen molar-refractivity contribution in [3.63, 3.8) is 0 Å². The first kappa shape index (κ1) is 46.2. The van der Waals surface area contributed by atoms with E-state index in [2.05, 4.69) is 4.98 Å². The lowest BCUT2D eigenvalue weighted by molar-refractivity contribution is -0.278. The predicted octanol–water partition coefficient (Wildman–Crippen LogP) is 4.55. The lowest BCUT2D eigenvalue weighted by Gasteiger charge is -2.43. The zero-order valence-corrected chi connectivity index (χ0v) is 34.0. The van der Waals surface area contributed by atoms with Crippen molar-refractivity contribution >= 4 is 23.2 Å². The van der Waals surface area contributed by atoms with E-state index < -0.39 is 60.9 Å². The van der Waals surface area contributed by atoms with Crippen molar-refractivity contribution in [2.75, 3.05) is 47.9 Å². The van der Waals surface area contributed by atoms with Crippen LogP contribution in [0.1, 0.15) is 86.1 Å². The molecule has 0 bridgehead atoms. The number of ketones is 2. The molecule has 53 heavy (non-hydrogen) atoms. The molecule has 3 N–H and O–H groups in total. The number of rotatable bonds is 23. The molecule has 0 aliphatic carbocycles. The first-order valence-corrected chi connectivity index (χ1v) is 19.2. The Balaban J connectivity index is 1.97. The van der Waals surface area contributed by atoms with Gasteiger partial charge in [0.2, 0.25) is 0 Å². The SMILES string of the molecule is CCC(=O)[C@H](C)C[C@H](C)[C@H](O[C@@H]1O[C@H](C)C[C@H](N(C)C)[C@H]1O)[C@@H](C)C(=O)[C@@H](C)C(=O)OC[C@@H](F)[C@@H](C)N(C)CCCCN(C)/C=C(\N)c1cccnc1. The van der Waals surface area contributed by atoms with Crippen molar-refractivity contribution in [3.05, 3.63) is 36.3 Å². The van der Waals surface area contributed by atoms with Crippen molar-refractivity contribution in [1.29, 1.82) is 0 Å². The van der Waals surface area contributed by atoms with Crippen LogP contribution in [0, 0.1) is 23.7 Å². The zero-order chi connectivity index (χ0) is 40.0. The van der Waals surface area contributed by atoms with Crippen LogP contribution in [-0.2, 0) is 28.6 Å². The van der Waals surface area contributed by atoms with Crippen LogP contribution in [-0.4, -0.2) is 133 Å². The fourth-order valence-electron chi connectivity index (χ4n) is 6.94. The third kappa shape index (κ3) is 14.3. The number of pyridine rings is 1. The molecule has 0 unspecified atom stereocenters. The maximum atomic E-state index is 15.3. The number of hydrogen-bond acceptors (Lipinski definition) is 12. The van der Waals surface area contributed by atoms with Crippen LogP contribution in [0.15, 0.2) is 30.7 Å². The molecular formula is C40H68FN5O7. The fraction of sp³-hybridized carbons (Fsp3) is 0.750. The van der Waals surface area contributed by atoms with Crippen molar-refractivity contribution in [1.82, 2.24) is 19.7 Å². The molecule has 302 valence electrons. The monoisotopic (exact) mass is 750 g/mol. The molecule has 0 aromatic carbocycles. The van der Waals surface area contributed by atoms with Crippen LogP contribution in [0.3, 0.4) is 0 Å². The second-order valence-corrected chi connectivity index (χ2v) is 15.4. The topological polar surface area (TPSA) is 148 Å². The quantitative estimate of drug-likeness (QED) is 0.0920. The third-order valence-corrected chi connectivity index (χ3v) is 10.7. The van der Waals surface area contributed by atoms with E-state index in [-0.39, 0.29) is 29.8 Å². The molecule has 1 aromatic rings. The van der Waals surface area contributed by atoms with Crippen LogP contribution >= 0.6 is 0 Å². The van der Waals surface area contributed by atoms with Crippen LogP contribution in [0.2, 0.25) is 0 Å². The van der Waals surface area contributed by atoms with Gasteiger partial charge in [-0.3, -0.25) is 19.4 Å². The molecule has 1 aromatic heterocycles. The summed E-state index contributed by atoms with van der Waals surface area (Å²) in [7, 11) is 7.55. The summed E-state index contributed by atoms with van der Waals surface area (Å²) in [5.41, 5.74) is 7.66. The maximum absolute atomic E-state index is 15.3. The molecule has 12 nitrogen and oxygen atoms in total. The van der Waals surface area contributed by atoms with Gasteiger partial charge in [-0.1, -0.05) is 27.7 Å². The van der Waals surface area contributed by atoms with E-state index in [1.54, 1.807) is 26.2 Å². The Labute approximate surface area is 317 Å². The number of Topliss-reactive ketones (excluding diaryl/α,β-unsaturated/α-hetero) is 2. The van der Waals surface area contributed by atoms with Gasteiger partial charge in [0, 0.05) is 68.1 Å². The highest BCUT2D eigenvalue weighted by Gasteiger charge is 2.43. The van der Waals surface area contributed by atoms with Crippen LogP contribution in [0.5, 0.6) is 0 Å². The minimum Gasteiger partial charge on any atom is -0.462 e. The predicted molar refractivity (Wildman–Crippen MR) is 205 cm³/mol. The van der Waals surface area contributed by atoms with E-state index >= 15 is 4.39 Å². The molecule has 0 radical (unpaired) electrons. The number of carbonyl (C=O) groups is 3. The minimum atomic E-state index is -1.46. The Morgan fingerprint density at radius 1 is 1.11 bits per heavy atom. The van der Waals surface area contributed by atoms with E-state index in [0.29, 0.717) is 31.5 Å². The molecule has 1 aliphatic rings. The van der Waals surface area contributed by atoms with E-state index in [4.69, 9.17) is 19.9 Å². The van der Waals surface area contributed by atoms with Crippen LogP contribution in [0.4, 0.5) is 4.39 Å². The molecule has 2 heterocycles. The molecule has 1 aliphatic heterocycles. The Morgan fingerprint density at radius 2 is 1.77 bits per heavy atom. The Hall–Kier alpha value is -2.97. The van der Waals surface area contributed by atoms with Gasteiger partial charge >= 0.3 is 5.97 Å². The minimum absolute atomic E-state index is 0.103. The summed E-state index contributed by atoms with van der Waals surface area (Å²) in [6, 6.07) is 3.00. The number of alkyl halides is 1. The molecule has 2 rings (SSSR count). The second kappa shape index (κ2) is 22.4. The van der Waals surface area contributed by atoms with E-state index in [1.807, 2.05) is 88.9 Å². The van der Waals surface area contributed by atoms with Gasteiger partial charge in [-0.2, -0.15) is 0 Å². The smallest absolute Gasteiger partial charge is 0.316 e. The highest BCUT2D eigenvalue weighted by Crippen LogP contribution is 2.32. The number of aromatic nitrogens is 1. The first-order chi connectivity index (χ1) is 24.9. The normalized spacial score (nSPS) is 23.5. The fourth-order valence-corrected chi connectivity index (χ4v) is 6.94. The maximum Gasteiger partial charge on any atom is 0.316 e. The highest BCUT2D eigenvalue weighted by atomic mass is 19.1. The van der Waals surface area contributed by atoms with Gasteiger partial charge in [0.05, 0.1) is 17.9 Å². The number of likely N-dealkylation sites (N-methyl/N-ethyl adjacent to an activating group) is 1. The molecule has 0 saturated carbocycles. The summed E-state index contributed by atoms with van der Waals surface area (Å²) in [4.78, 5) is 49.3. The van der Waals surface area contributed by atoms with Crippen LogP contribution < -0.4 is 5.73 Å². The lowest BCUT2D eigenvalue weighted by atomic mass is 9.81. The molecule has 0 amide bonds. The number of unbranched alkanes of at least 4 members (excludes halogenated alkanes) is 1. The van der Waals surface area contributed by atoms with Crippen LogP contribution in [0.25, 0.3) is 5.70 Å². The lowest BCUT2D eigenvalue weighted by Crippen LogP contribution is -2.56. The number of esters is 1. The number of aliphatic hydroxyl groups excluding tert-OH is 1. The number of hydrogen-bond donors (Lipinski definition) is 2. The molecule has 11 atom stereocenters. The van der Waals surface area contributed by atoms with Gasteiger partial charge in [0.1, 0.15) is 30.6 Å². The van der Waals surface area contributed by atoms with Gasteiger partial charge < -0.3 is 39.8 Å². The Kier molecular flexibility index (Phi) is 19.5. The summed E-state index contributed by atoms with van der Waals surface area (Å²) in [5, 5.41) is 11.2. The summed E-state index contributed by atoms with van der Waals surface area (Å²) >= 11 is 0. The van der Waals surface area contributed by atoms with Gasteiger partial charge in [0.15, 0.2) is 12.1 Å². The number of halogens is 1.